The van der Waals surface area contributed by atoms with Gasteiger partial charge in [-0.3, -0.25) is 9.59 Å². The molecule has 0 rings (SSSR count). The summed E-state index contributed by atoms with van der Waals surface area (Å²) in [5.41, 5.74) is 0. The molecule has 0 atom stereocenters. The average Bonchev–Trinajstić information content (AvgIpc) is 2.63. The molecule has 0 heterocycles. The summed E-state index contributed by atoms with van der Waals surface area (Å²) in [6, 6.07) is 0. The van der Waals surface area contributed by atoms with Crippen LogP contribution in [-0.4, -0.2) is 96.9 Å². The molecule has 0 fully saturated rings. The first-order valence-electron chi connectivity index (χ1n) is 8.95. The highest BCUT2D eigenvalue weighted by Gasteiger charge is 1.99. The van der Waals surface area contributed by atoms with Gasteiger partial charge in [-0.2, -0.15) is 0 Å². The van der Waals surface area contributed by atoms with Crippen molar-refractivity contribution in [3.05, 3.63) is 0 Å². The van der Waals surface area contributed by atoms with Gasteiger partial charge in [0.05, 0.1) is 52.9 Å². The first-order chi connectivity index (χ1) is 13.0. The Morgan fingerprint density at radius 3 is 1.26 bits per heavy atom. The van der Waals surface area contributed by atoms with E-state index in [1.807, 2.05) is 0 Å². The van der Waals surface area contributed by atoms with E-state index in [9.17, 15) is 9.59 Å². The van der Waals surface area contributed by atoms with Gasteiger partial charge in [-0.05, 0) is 19.3 Å². The number of hydrogen-bond acceptors (Lipinski definition) is 8. The van der Waals surface area contributed by atoms with Gasteiger partial charge in [-0.25, -0.2) is 0 Å². The van der Waals surface area contributed by atoms with Gasteiger partial charge in [0, 0.05) is 19.4 Å². The summed E-state index contributed by atoms with van der Waals surface area (Å²) in [7, 11) is 0. The van der Waals surface area contributed by atoms with E-state index >= 15 is 0 Å². The van der Waals surface area contributed by atoms with Crippen molar-refractivity contribution in [2.24, 2.45) is 0 Å². The molecular formula is C17H36O10. The van der Waals surface area contributed by atoms with Crippen LogP contribution in [0.5, 0.6) is 0 Å². The molecule has 10 heteroatoms. The Bertz CT molecular complexity index is 271. The first kappa shape index (κ1) is 30.4. The standard InChI is InChI=1S/C7H16O3.C6H10O4.C4H10O3/c1-2-4-9-6-7-10-5-3-8;7-5(8)3-1-2-4-6(9)10;5-1-3-7-4-2-6/h8H,2-7H2,1H3;1-4H2,(H,7,8)(H,9,10);5-6H,1-4H2. The van der Waals surface area contributed by atoms with Crippen LogP contribution in [0, 0.1) is 0 Å². The number of unbranched alkanes of at least 4 members (excludes halogenated alkanes) is 1. The van der Waals surface area contributed by atoms with Crippen LogP contribution in [0.2, 0.25) is 0 Å². The van der Waals surface area contributed by atoms with Gasteiger partial charge in [-0.1, -0.05) is 6.92 Å². The molecule has 10 nitrogen and oxygen atoms in total. The lowest BCUT2D eigenvalue weighted by atomic mass is 10.2. The summed E-state index contributed by atoms with van der Waals surface area (Å²) in [5.74, 6) is -1.74. The highest BCUT2D eigenvalue weighted by atomic mass is 16.5. The zero-order chi connectivity index (χ0) is 21.2. The Balaban J connectivity index is -0.000000326. The molecule has 0 aromatic heterocycles. The minimum atomic E-state index is -0.870. The van der Waals surface area contributed by atoms with Crippen molar-refractivity contribution in [2.75, 3.05) is 59.5 Å². The fraction of sp³-hybridized carbons (Fsp3) is 0.882. The van der Waals surface area contributed by atoms with Crippen molar-refractivity contribution in [1.82, 2.24) is 0 Å². The van der Waals surface area contributed by atoms with Gasteiger partial charge in [0.25, 0.3) is 0 Å². The molecule has 27 heavy (non-hydrogen) atoms. The van der Waals surface area contributed by atoms with Crippen LogP contribution in [0.1, 0.15) is 39.0 Å². The zero-order valence-corrected chi connectivity index (χ0v) is 16.2. The lowest BCUT2D eigenvalue weighted by Crippen LogP contribution is -2.07. The van der Waals surface area contributed by atoms with E-state index in [2.05, 4.69) is 11.7 Å². The molecule has 0 saturated heterocycles. The average molecular weight is 400 g/mol. The zero-order valence-electron chi connectivity index (χ0n) is 16.2. The smallest absolute Gasteiger partial charge is 0.303 e. The quantitative estimate of drug-likeness (QED) is 0.225. The molecule has 0 aromatic carbocycles. The van der Waals surface area contributed by atoms with Crippen LogP contribution in [0.3, 0.4) is 0 Å². The second-order valence-electron chi connectivity index (χ2n) is 5.00. The predicted molar refractivity (Wildman–Crippen MR) is 97.7 cm³/mol. The summed E-state index contributed by atoms with van der Waals surface area (Å²) < 4.78 is 14.7. The SMILES string of the molecule is CCCOCCOCCO.O=C(O)CCCCC(=O)O.OCCOCCO. The van der Waals surface area contributed by atoms with E-state index in [4.69, 9.17) is 35.0 Å². The van der Waals surface area contributed by atoms with Gasteiger partial charge in [0.1, 0.15) is 0 Å². The summed E-state index contributed by atoms with van der Waals surface area (Å²) in [6.45, 7) is 5.27. The maximum absolute atomic E-state index is 9.90. The number of aliphatic hydroxyl groups excluding tert-OH is 3. The van der Waals surface area contributed by atoms with Gasteiger partial charge < -0.3 is 39.7 Å². The molecule has 0 aliphatic rings. The highest BCUT2D eigenvalue weighted by Crippen LogP contribution is 1.98. The van der Waals surface area contributed by atoms with Gasteiger partial charge in [0.2, 0.25) is 0 Å². The Morgan fingerprint density at radius 2 is 0.963 bits per heavy atom. The van der Waals surface area contributed by atoms with Crippen LogP contribution >= 0.6 is 0 Å². The van der Waals surface area contributed by atoms with Crippen molar-refractivity contribution in [1.29, 1.82) is 0 Å². The third-order valence-corrected chi connectivity index (χ3v) is 2.46. The Morgan fingerprint density at radius 1 is 0.630 bits per heavy atom. The molecule has 0 saturated carbocycles. The van der Waals surface area contributed by atoms with Crippen molar-refractivity contribution >= 4 is 11.9 Å². The maximum Gasteiger partial charge on any atom is 0.303 e. The van der Waals surface area contributed by atoms with Crippen LogP contribution < -0.4 is 0 Å². The summed E-state index contributed by atoms with van der Waals surface area (Å²) in [6.07, 6.45) is 2.06. The molecule has 0 spiro atoms. The number of ether oxygens (including phenoxy) is 3. The van der Waals surface area contributed by atoms with E-state index in [1.54, 1.807) is 0 Å². The lowest BCUT2D eigenvalue weighted by Gasteiger charge is -2.02. The number of carboxylic acids is 2. The fourth-order valence-electron chi connectivity index (χ4n) is 1.31. The summed E-state index contributed by atoms with van der Waals surface area (Å²) in [4.78, 5) is 19.8. The summed E-state index contributed by atoms with van der Waals surface area (Å²) >= 11 is 0. The number of hydrogen-bond donors (Lipinski definition) is 5. The van der Waals surface area contributed by atoms with Crippen molar-refractivity contribution in [3.8, 4) is 0 Å². The highest BCUT2D eigenvalue weighted by molar-refractivity contribution is 5.67. The summed E-state index contributed by atoms with van der Waals surface area (Å²) in [5, 5.41) is 40.7. The van der Waals surface area contributed by atoms with Gasteiger partial charge in [0.15, 0.2) is 0 Å². The second kappa shape index (κ2) is 29.5. The van der Waals surface area contributed by atoms with Crippen molar-refractivity contribution in [2.45, 2.75) is 39.0 Å². The van der Waals surface area contributed by atoms with Crippen LogP contribution in [0.25, 0.3) is 0 Å². The maximum atomic E-state index is 9.90. The molecule has 5 N–H and O–H groups in total. The Labute approximate surface area is 160 Å². The first-order valence-corrected chi connectivity index (χ1v) is 8.95. The number of aliphatic hydroxyl groups is 3. The number of rotatable bonds is 16. The lowest BCUT2D eigenvalue weighted by molar-refractivity contribution is -0.139. The van der Waals surface area contributed by atoms with E-state index in [-0.39, 0.29) is 32.7 Å². The molecule has 0 aliphatic carbocycles. The molecular weight excluding hydrogens is 364 g/mol. The molecule has 0 radical (unpaired) electrons. The topological polar surface area (TPSA) is 163 Å². The second-order valence-corrected chi connectivity index (χ2v) is 5.00. The van der Waals surface area contributed by atoms with Crippen LogP contribution in [0.4, 0.5) is 0 Å². The molecule has 0 aliphatic heterocycles. The number of aliphatic carboxylic acids is 2. The molecule has 0 amide bonds. The minimum absolute atomic E-state index is 0.0278. The van der Waals surface area contributed by atoms with E-state index in [1.165, 1.54) is 0 Å². The molecule has 0 unspecified atom stereocenters. The van der Waals surface area contributed by atoms with Crippen LogP contribution in [-0.2, 0) is 23.8 Å². The van der Waals surface area contributed by atoms with E-state index in [0.717, 1.165) is 13.0 Å². The number of carbonyl (C=O) groups is 2. The fourth-order valence-corrected chi connectivity index (χ4v) is 1.31. The molecule has 164 valence electrons. The van der Waals surface area contributed by atoms with E-state index in [0.29, 0.717) is 45.9 Å². The Hall–Kier alpha value is -1.30. The third kappa shape index (κ3) is 45.6. The molecule has 0 aromatic rings. The number of carboxylic acid groups (broad SMARTS) is 2. The minimum Gasteiger partial charge on any atom is -0.481 e. The molecule has 0 bridgehead atoms. The Kier molecular flexibility index (Phi) is 33.2. The van der Waals surface area contributed by atoms with Gasteiger partial charge in [-0.15, -0.1) is 0 Å². The predicted octanol–water partition coefficient (Wildman–Crippen LogP) is 0.126. The normalized spacial score (nSPS) is 9.63. The van der Waals surface area contributed by atoms with Gasteiger partial charge >= 0.3 is 11.9 Å². The van der Waals surface area contributed by atoms with Crippen molar-refractivity contribution < 1.29 is 49.3 Å². The largest absolute Gasteiger partial charge is 0.481 e. The van der Waals surface area contributed by atoms with E-state index < -0.39 is 11.9 Å². The third-order valence-electron chi connectivity index (χ3n) is 2.46. The monoisotopic (exact) mass is 400 g/mol. The van der Waals surface area contributed by atoms with Crippen LogP contribution in [0.15, 0.2) is 0 Å². The van der Waals surface area contributed by atoms with Crippen molar-refractivity contribution in [3.63, 3.8) is 0 Å².